The molecular weight excluding hydrogens is 477 g/mol. The molecule has 4 rings (SSSR count). The quantitative estimate of drug-likeness (QED) is 0.510. The van der Waals surface area contributed by atoms with Crippen LogP contribution in [0.15, 0.2) is 30.3 Å². The van der Waals surface area contributed by atoms with Crippen LogP contribution in [0.25, 0.3) is 0 Å². The molecule has 13 heteroatoms. The number of esters is 1. The molecule has 0 unspecified atom stereocenters. The fourth-order valence-electron chi connectivity index (χ4n) is 2.97. The first kappa shape index (κ1) is 21.8. The highest BCUT2D eigenvalue weighted by atomic mass is 35.5. The molecule has 2 heterocycles. The fourth-order valence-corrected chi connectivity index (χ4v) is 3.30. The standard InChI is InChI=1S/C19H10Cl2F2N2O7/c20-11-4-9-10(5-12(11)21)18(29)25(17(9)28)6-16(27)30-7-15(26)24-8-1-2-13-14(3-8)32-19(22,23)31-13/h1-5H,6-7H2,(H,24,26). The van der Waals surface area contributed by atoms with Gasteiger partial charge in [0.15, 0.2) is 18.1 Å². The van der Waals surface area contributed by atoms with Crippen molar-refractivity contribution in [2.24, 2.45) is 0 Å². The molecule has 0 bridgehead atoms. The third kappa shape index (κ3) is 4.16. The Morgan fingerprint density at radius 2 is 1.59 bits per heavy atom. The van der Waals surface area contributed by atoms with Gasteiger partial charge in [0.1, 0.15) is 6.54 Å². The van der Waals surface area contributed by atoms with E-state index in [1.165, 1.54) is 24.3 Å². The van der Waals surface area contributed by atoms with Crippen LogP contribution in [-0.2, 0) is 14.3 Å². The van der Waals surface area contributed by atoms with Crippen molar-refractivity contribution >= 4 is 52.6 Å². The summed E-state index contributed by atoms with van der Waals surface area (Å²) in [5.74, 6) is -3.84. The van der Waals surface area contributed by atoms with Crippen molar-refractivity contribution in [3.8, 4) is 11.5 Å². The summed E-state index contributed by atoms with van der Waals surface area (Å²) < 4.78 is 39.4. The number of imide groups is 1. The Kier molecular flexibility index (Phi) is 5.39. The summed E-state index contributed by atoms with van der Waals surface area (Å²) in [5, 5.41) is 2.46. The number of carbonyl (C=O) groups is 4. The lowest BCUT2D eigenvalue weighted by Gasteiger charge is -2.13. The molecule has 9 nitrogen and oxygen atoms in total. The lowest BCUT2D eigenvalue weighted by atomic mass is 10.1. The third-order valence-corrected chi connectivity index (χ3v) is 5.07. The number of alkyl halides is 2. The zero-order valence-electron chi connectivity index (χ0n) is 15.6. The molecule has 0 radical (unpaired) electrons. The van der Waals surface area contributed by atoms with Gasteiger partial charge in [0.25, 0.3) is 17.7 Å². The van der Waals surface area contributed by atoms with Gasteiger partial charge in [0.05, 0.1) is 21.2 Å². The van der Waals surface area contributed by atoms with E-state index in [0.717, 1.165) is 6.07 Å². The molecule has 0 spiro atoms. The Bertz CT molecular complexity index is 1150. The van der Waals surface area contributed by atoms with Gasteiger partial charge in [-0.15, -0.1) is 8.78 Å². The normalized spacial score (nSPS) is 15.6. The van der Waals surface area contributed by atoms with Crippen LogP contribution in [0.5, 0.6) is 11.5 Å². The van der Waals surface area contributed by atoms with Gasteiger partial charge in [-0.25, -0.2) is 0 Å². The summed E-state index contributed by atoms with van der Waals surface area (Å²) in [7, 11) is 0. The van der Waals surface area contributed by atoms with E-state index in [4.69, 9.17) is 27.9 Å². The van der Waals surface area contributed by atoms with E-state index in [9.17, 15) is 28.0 Å². The van der Waals surface area contributed by atoms with Gasteiger partial charge in [-0.1, -0.05) is 23.2 Å². The first-order valence-electron chi connectivity index (χ1n) is 8.75. The lowest BCUT2D eigenvalue weighted by molar-refractivity contribution is -0.286. The molecule has 3 amide bonds. The molecular formula is C19H10Cl2F2N2O7. The van der Waals surface area contributed by atoms with Crippen LogP contribution in [0.3, 0.4) is 0 Å². The average Bonchev–Trinajstić information content (AvgIpc) is 3.14. The van der Waals surface area contributed by atoms with Crippen molar-refractivity contribution in [2.75, 3.05) is 18.5 Å². The van der Waals surface area contributed by atoms with E-state index in [-0.39, 0.29) is 38.4 Å². The van der Waals surface area contributed by atoms with Crippen LogP contribution in [0, 0.1) is 0 Å². The Balaban J connectivity index is 1.32. The molecule has 0 fully saturated rings. The predicted molar refractivity (Wildman–Crippen MR) is 104 cm³/mol. The monoisotopic (exact) mass is 486 g/mol. The minimum atomic E-state index is -3.80. The van der Waals surface area contributed by atoms with E-state index < -0.39 is 43.1 Å². The second-order valence-electron chi connectivity index (χ2n) is 6.55. The van der Waals surface area contributed by atoms with E-state index in [1.54, 1.807) is 0 Å². The molecule has 0 atom stereocenters. The van der Waals surface area contributed by atoms with Gasteiger partial charge in [0.2, 0.25) is 0 Å². The van der Waals surface area contributed by atoms with E-state index >= 15 is 0 Å². The molecule has 0 aliphatic carbocycles. The number of fused-ring (bicyclic) bond motifs is 2. The van der Waals surface area contributed by atoms with Crippen LogP contribution in [0.2, 0.25) is 10.0 Å². The molecule has 2 aliphatic rings. The van der Waals surface area contributed by atoms with Gasteiger partial charge in [-0.3, -0.25) is 24.1 Å². The zero-order valence-corrected chi connectivity index (χ0v) is 17.1. The van der Waals surface area contributed by atoms with Crippen LogP contribution in [-0.4, -0.2) is 48.0 Å². The Labute approximate surface area is 187 Å². The van der Waals surface area contributed by atoms with Crippen molar-refractivity contribution in [1.29, 1.82) is 0 Å². The highest BCUT2D eigenvalue weighted by Gasteiger charge is 2.43. The average molecular weight is 487 g/mol. The Morgan fingerprint density at radius 3 is 2.22 bits per heavy atom. The SMILES string of the molecule is O=C(COC(=O)CN1C(=O)c2cc(Cl)c(Cl)cc2C1=O)Nc1ccc2c(c1)OC(F)(F)O2. The fraction of sp³-hybridized carbons (Fsp3) is 0.158. The number of amides is 3. The van der Waals surface area contributed by atoms with Gasteiger partial charge in [-0.2, -0.15) is 0 Å². The van der Waals surface area contributed by atoms with Crippen molar-refractivity contribution in [2.45, 2.75) is 6.29 Å². The minimum absolute atomic E-state index is 0.0108. The number of anilines is 1. The number of rotatable bonds is 5. The summed E-state index contributed by atoms with van der Waals surface area (Å²) in [6, 6.07) is 5.99. The molecule has 32 heavy (non-hydrogen) atoms. The second kappa shape index (κ2) is 7.92. The highest BCUT2D eigenvalue weighted by molar-refractivity contribution is 6.43. The molecule has 0 aromatic heterocycles. The topological polar surface area (TPSA) is 111 Å². The second-order valence-corrected chi connectivity index (χ2v) is 7.36. The largest absolute Gasteiger partial charge is 0.586 e. The van der Waals surface area contributed by atoms with E-state index in [0.29, 0.717) is 4.90 Å². The van der Waals surface area contributed by atoms with Gasteiger partial charge >= 0.3 is 12.3 Å². The summed E-state index contributed by atoms with van der Waals surface area (Å²) >= 11 is 11.7. The molecule has 0 saturated carbocycles. The molecule has 0 saturated heterocycles. The number of ether oxygens (including phenoxy) is 3. The summed E-state index contributed by atoms with van der Waals surface area (Å²) in [4.78, 5) is 49.4. The van der Waals surface area contributed by atoms with Gasteiger partial charge in [0, 0.05) is 11.8 Å². The van der Waals surface area contributed by atoms with Crippen LogP contribution in [0.1, 0.15) is 20.7 Å². The predicted octanol–water partition coefficient (Wildman–Crippen LogP) is 3.09. The van der Waals surface area contributed by atoms with Gasteiger partial charge < -0.3 is 19.5 Å². The highest BCUT2D eigenvalue weighted by Crippen LogP contribution is 2.42. The number of hydrogen-bond donors (Lipinski definition) is 1. The first-order valence-corrected chi connectivity index (χ1v) is 9.50. The molecule has 2 aromatic carbocycles. The number of benzene rings is 2. The van der Waals surface area contributed by atoms with E-state index in [2.05, 4.69) is 14.8 Å². The van der Waals surface area contributed by atoms with Crippen molar-refractivity contribution in [1.82, 2.24) is 4.90 Å². The molecule has 166 valence electrons. The lowest BCUT2D eigenvalue weighted by Crippen LogP contribution is -2.36. The number of nitrogens with one attached hydrogen (secondary N) is 1. The maximum atomic E-state index is 13.0. The van der Waals surface area contributed by atoms with Gasteiger partial charge in [-0.05, 0) is 24.3 Å². The molecule has 2 aliphatic heterocycles. The number of carbonyl (C=O) groups excluding carboxylic acids is 4. The van der Waals surface area contributed by atoms with Crippen LogP contribution >= 0.6 is 23.2 Å². The van der Waals surface area contributed by atoms with Crippen LogP contribution in [0.4, 0.5) is 14.5 Å². The smallest absolute Gasteiger partial charge is 0.454 e. The van der Waals surface area contributed by atoms with Crippen LogP contribution < -0.4 is 14.8 Å². The number of halogens is 4. The number of nitrogens with zero attached hydrogens (tertiary/aromatic N) is 1. The summed E-state index contributed by atoms with van der Waals surface area (Å²) in [6.45, 7) is -1.50. The van der Waals surface area contributed by atoms with E-state index in [1.807, 2.05) is 0 Å². The zero-order chi connectivity index (χ0) is 23.2. The molecule has 2 aromatic rings. The van der Waals surface area contributed by atoms with Crippen molar-refractivity contribution in [3.05, 3.63) is 51.5 Å². The first-order chi connectivity index (χ1) is 15.0. The minimum Gasteiger partial charge on any atom is -0.454 e. The molecule has 1 N–H and O–H groups in total. The summed E-state index contributed by atoms with van der Waals surface area (Å²) in [6.07, 6.45) is -3.80. The maximum absolute atomic E-state index is 13.0. The maximum Gasteiger partial charge on any atom is 0.586 e. The van der Waals surface area contributed by atoms with Crippen molar-refractivity contribution in [3.63, 3.8) is 0 Å². The Morgan fingerprint density at radius 1 is 1.00 bits per heavy atom. The third-order valence-electron chi connectivity index (χ3n) is 4.35. The van der Waals surface area contributed by atoms with Crippen molar-refractivity contribution < 1.29 is 42.2 Å². The summed E-state index contributed by atoms with van der Waals surface area (Å²) in [5.41, 5.74) is 0.0619. The Hall–Kier alpha value is -3.44. The number of hydrogen-bond acceptors (Lipinski definition) is 7.